The Bertz CT molecular complexity index is 1060. The number of benzene rings is 2. The van der Waals surface area contributed by atoms with Crippen molar-refractivity contribution < 1.29 is 23.4 Å². The van der Waals surface area contributed by atoms with E-state index in [4.69, 9.17) is 18.6 Å². The first kappa shape index (κ1) is 23.5. The van der Waals surface area contributed by atoms with Crippen LogP contribution < -0.4 is 4.74 Å². The smallest absolute Gasteiger partial charge is 0.335 e. The third kappa shape index (κ3) is 5.56. The van der Waals surface area contributed by atoms with E-state index in [0.29, 0.717) is 25.5 Å². The molecule has 0 aliphatic rings. The van der Waals surface area contributed by atoms with E-state index in [-0.39, 0.29) is 5.97 Å². The van der Waals surface area contributed by atoms with Gasteiger partial charge < -0.3 is 18.6 Å². The number of esters is 1. The predicted octanol–water partition coefficient (Wildman–Crippen LogP) is 5.22. The number of hydrogen-bond donors (Lipinski definition) is 0. The van der Waals surface area contributed by atoms with Crippen LogP contribution in [0.4, 0.5) is 0 Å². The molecule has 0 bridgehead atoms. The first-order valence-corrected chi connectivity index (χ1v) is 10.9. The minimum atomic E-state index is -0.611. The first-order chi connectivity index (χ1) is 15.5. The lowest BCUT2D eigenvalue weighted by Gasteiger charge is -2.17. The Morgan fingerprint density at radius 2 is 1.88 bits per heavy atom. The van der Waals surface area contributed by atoms with Gasteiger partial charge in [0.25, 0.3) is 0 Å². The molecule has 6 heteroatoms. The van der Waals surface area contributed by atoms with E-state index in [0.717, 1.165) is 45.9 Å². The number of aromatic nitrogens is 1. The zero-order valence-electron chi connectivity index (χ0n) is 19.4. The molecule has 0 radical (unpaired) electrons. The number of aryl methyl sites for hydroxylation is 3. The van der Waals surface area contributed by atoms with Crippen LogP contribution in [0.1, 0.15) is 42.0 Å². The van der Waals surface area contributed by atoms with Gasteiger partial charge in [0, 0.05) is 18.6 Å². The number of ether oxygens (including phenoxy) is 3. The summed E-state index contributed by atoms with van der Waals surface area (Å²) in [6.07, 6.45) is 0.666. The second kappa shape index (κ2) is 11.0. The van der Waals surface area contributed by atoms with Crippen LogP contribution in [0.15, 0.2) is 46.9 Å². The molecule has 0 N–H and O–H groups in total. The van der Waals surface area contributed by atoms with Gasteiger partial charge in [-0.05, 0) is 62.1 Å². The normalized spacial score (nSPS) is 11.9. The molecule has 0 aliphatic carbocycles. The van der Waals surface area contributed by atoms with Gasteiger partial charge in [0.05, 0.1) is 7.11 Å². The molecule has 1 atom stereocenters. The van der Waals surface area contributed by atoms with E-state index < -0.39 is 6.10 Å². The molecule has 2 aromatic carbocycles. The molecule has 170 valence electrons. The number of rotatable bonds is 10. The van der Waals surface area contributed by atoms with Crippen molar-refractivity contribution in [3.05, 3.63) is 70.6 Å². The summed E-state index contributed by atoms with van der Waals surface area (Å²) in [7, 11) is 1.38. The van der Waals surface area contributed by atoms with Gasteiger partial charge in [-0.3, -0.25) is 0 Å². The Kier molecular flexibility index (Phi) is 8.06. The fourth-order valence-electron chi connectivity index (χ4n) is 3.60. The fraction of sp³-hybridized carbons (Fsp3) is 0.385. The molecule has 1 heterocycles. The molecular formula is C26H31NO5. The van der Waals surface area contributed by atoms with E-state index in [9.17, 15) is 4.79 Å². The Labute approximate surface area is 189 Å². The maximum absolute atomic E-state index is 12.0. The molecule has 0 spiro atoms. The zero-order valence-corrected chi connectivity index (χ0v) is 19.4. The maximum Gasteiger partial charge on any atom is 0.335 e. The van der Waals surface area contributed by atoms with Crippen molar-refractivity contribution in [2.24, 2.45) is 0 Å². The SMILES string of the molecule is CCOC(Cc1ccc(OCc2nc(-c3ccccc3C)oc2C)cc1CC)C(=O)OC. The average Bonchev–Trinajstić information content (AvgIpc) is 3.17. The van der Waals surface area contributed by atoms with Gasteiger partial charge in [-0.1, -0.05) is 31.2 Å². The van der Waals surface area contributed by atoms with E-state index >= 15 is 0 Å². The molecule has 0 saturated heterocycles. The van der Waals surface area contributed by atoms with E-state index in [1.54, 1.807) is 0 Å². The Morgan fingerprint density at radius 3 is 2.56 bits per heavy atom. The Balaban J connectivity index is 1.72. The number of hydrogen-bond acceptors (Lipinski definition) is 6. The molecule has 3 rings (SSSR count). The van der Waals surface area contributed by atoms with Gasteiger partial charge >= 0.3 is 5.97 Å². The van der Waals surface area contributed by atoms with Crippen molar-refractivity contribution in [3.63, 3.8) is 0 Å². The summed E-state index contributed by atoms with van der Waals surface area (Å²) in [5, 5.41) is 0. The van der Waals surface area contributed by atoms with Crippen LogP contribution >= 0.6 is 0 Å². The third-order valence-electron chi connectivity index (χ3n) is 5.44. The van der Waals surface area contributed by atoms with E-state index in [1.807, 2.05) is 63.2 Å². The van der Waals surface area contributed by atoms with Crippen LogP contribution in [0.2, 0.25) is 0 Å². The molecule has 32 heavy (non-hydrogen) atoms. The molecular weight excluding hydrogens is 406 g/mol. The highest BCUT2D eigenvalue weighted by molar-refractivity contribution is 5.75. The van der Waals surface area contributed by atoms with Crippen LogP contribution in [-0.4, -0.2) is 30.8 Å². The first-order valence-electron chi connectivity index (χ1n) is 10.9. The summed E-state index contributed by atoms with van der Waals surface area (Å²) in [5.74, 6) is 1.73. The Hall–Kier alpha value is -3.12. The van der Waals surface area contributed by atoms with Gasteiger partial charge in [-0.25, -0.2) is 9.78 Å². The predicted molar refractivity (Wildman–Crippen MR) is 123 cm³/mol. The highest BCUT2D eigenvalue weighted by atomic mass is 16.6. The quantitative estimate of drug-likeness (QED) is 0.405. The van der Waals surface area contributed by atoms with Crippen molar-refractivity contribution in [1.82, 2.24) is 4.98 Å². The molecule has 1 unspecified atom stereocenters. The molecule has 0 fully saturated rings. The number of carbonyl (C=O) groups is 1. The number of nitrogens with zero attached hydrogens (tertiary/aromatic N) is 1. The van der Waals surface area contributed by atoms with Crippen LogP contribution in [0.25, 0.3) is 11.5 Å². The van der Waals surface area contributed by atoms with Crippen LogP contribution in [0.3, 0.4) is 0 Å². The summed E-state index contributed by atoms with van der Waals surface area (Å²) >= 11 is 0. The molecule has 1 aromatic heterocycles. The summed E-state index contributed by atoms with van der Waals surface area (Å²) < 4.78 is 22.3. The summed E-state index contributed by atoms with van der Waals surface area (Å²) in [6, 6.07) is 13.9. The van der Waals surface area contributed by atoms with Crippen molar-refractivity contribution >= 4 is 5.97 Å². The van der Waals surface area contributed by atoms with Crippen molar-refractivity contribution in [2.75, 3.05) is 13.7 Å². The minimum Gasteiger partial charge on any atom is -0.487 e. The third-order valence-corrected chi connectivity index (χ3v) is 5.44. The van der Waals surface area contributed by atoms with Crippen molar-refractivity contribution in [3.8, 4) is 17.2 Å². The van der Waals surface area contributed by atoms with Crippen molar-refractivity contribution in [1.29, 1.82) is 0 Å². The lowest BCUT2D eigenvalue weighted by Crippen LogP contribution is -2.28. The highest BCUT2D eigenvalue weighted by Gasteiger charge is 2.21. The van der Waals surface area contributed by atoms with Gasteiger partial charge in [0.15, 0.2) is 6.10 Å². The second-order valence-electron chi connectivity index (χ2n) is 7.58. The maximum atomic E-state index is 12.0. The second-order valence-corrected chi connectivity index (χ2v) is 7.58. The van der Waals surface area contributed by atoms with Gasteiger partial charge in [0.1, 0.15) is 23.8 Å². The van der Waals surface area contributed by atoms with Gasteiger partial charge in [-0.2, -0.15) is 0 Å². The molecule has 0 aliphatic heterocycles. The van der Waals surface area contributed by atoms with Crippen LogP contribution in [-0.2, 0) is 33.7 Å². The largest absolute Gasteiger partial charge is 0.487 e. The lowest BCUT2D eigenvalue weighted by atomic mass is 9.99. The molecule has 0 saturated carbocycles. The van der Waals surface area contributed by atoms with E-state index in [2.05, 4.69) is 11.9 Å². The number of carbonyl (C=O) groups excluding carboxylic acids is 1. The number of oxazole rings is 1. The zero-order chi connectivity index (χ0) is 23.1. The monoisotopic (exact) mass is 437 g/mol. The van der Waals surface area contributed by atoms with Crippen LogP contribution in [0.5, 0.6) is 5.75 Å². The molecule has 0 amide bonds. The number of methoxy groups -OCH3 is 1. The van der Waals surface area contributed by atoms with Gasteiger partial charge in [-0.15, -0.1) is 0 Å². The fourth-order valence-corrected chi connectivity index (χ4v) is 3.60. The Morgan fingerprint density at radius 1 is 1.09 bits per heavy atom. The summed E-state index contributed by atoms with van der Waals surface area (Å²) in [4.78, 5) is 16.6. The minimum absolute atomic E-state index is 0.313. The average molecular weight is 438 g/mol. The van der Waals surface area contributed by atoms with Crippen LogP contribution in [0, 0.1) is 13.8 Å². The topological polar surface area (TPSA) is 70.8 Å². The standard InChI is InChI=1S/C26H31NO5/c1-6-19-14-21(13-12-20(19)15-24(30-7-2)26(28)29-5)31-16-23-18(4)32-25(27-23)22-11-9-8-10-17(22)3/h8-14,24H,6-7,15-16H2,1-5H3. The van der Waals surface area contributed by atoms with E-state index in [1.165, 1.54) is 7.11 Å². The highest BCUT2D eigenvalue weighted by Crippen LogP contribution is 2.26. The summed E-state index contributed by atoms with van der Waals surface area (Å²) in [5.41, 5.74) is 5.01. The lowest BCUT2D eigenvalue weighted by molar-refractivity contribution is -0.153. The molecule has 6 nitrogen and oxygen atoms in total. The van der Waals surface area contributed by atoms with Gasteiger partial charge in [0.2, 0.25) is 5.89 Å². The van der Waals surface area contributed by atoms with Crippen molar-refractivity contribution in [2.45, 2.75) is 53.2 Å². The molecule has 3 aromatic rings. The summed E-state index contributed by atoms with van der Waals surface area (Å²) in [6.45, 7) is 8.64.